The van der Waals surface area contributed by atoms with Gasteiger partial charge in [-0.1, -0.05) is 24.3 Å². The molecule has 0 spiro atoms. The maximum atomic E-state index is 13.0. The van der Waals surface area contributed by atoms with Crippen molar-refractivity contribution >= 4 is 57.2 Å². The first-order valence-corrected chi connectivity index (χ1v) is 12.9. The van der Waals surface area contributed by atoms with Crippen LogP contribution in [0.5, 0.6) is 0 Å². The highest BCUT2D eigenvalue weighted by molar-refractivity contribution is 8.00. The van der Waals surface area contributed by atoms with Gasteiger partial charge >= 0.3 is 0 Å². The van der Waals surface area contributed by atoms with Gasteiger partial charge in [-0.25, -0.2) is 0 Å². The Morgan fingerprint density at radius 1 is 0.946 bits per heavy atom. The van der Waals surface area contributed by atoms with Crippen molar-refractivity contribution in [1.82, 2.24) is 0 Å². The van der Waals surface area contributed by atoms with Gasteiger partial charge in [-0.2, -0.15) is 5.26 Å². The molecule has 8 nitrogen and oxygen atoms in total. The first-order valence-electron chi connectivity index (χ1n) is 11.2. The summed E-state index contributed by atoms with van der Waals surface area (Å²) in [6, 6.07) is 21.4. The Labute approximate surface area is 221 Å². The third kappa shape index (κ3) is 6.27. The molecule has 10 heteroatoms. The highest BCUT2D eigenvalue weighted by atomic mass is 32.2. The number of nitriles is 1. The molecule has 3 amide bonds. The second-order valence-corrected chi connectivity index (χ2v) is 10.3. The first-order chi connectivity index (χ1) is 17.9. The molecule has 0 aliphatic rings. The minimum atomic E-state index is -0.522. The molecule has 0 aliphatic carbocycles. The van der Waals surface area contributed by atoms with Gasteiger partial charge in [0.05, 0.1) is 22.0 Å². The lowest BCUT2D eigenvalue weighted by molar-refractivity contribution is -0.115. The third-order valence-corrected chi connectivity index (χ3v) is 7.55. The van der Waals surface area contributed by atoms with E-state index in [2.05, 4.69) is 22.0 Å². The second-order valence-electron chi connectivity index (χ2n) is 7.90. The molecule has 4 rings (SSSR count). The van der Waals surface area contributed by atoms with Crippen molar-refractivity contribution in [1.29, 1.82) is 5.26 Å². The van der Waals surface area contributed by atoms with Crippen LogP contribution in [0.25, 0.3) is 0 Å². The molecule has 2 aromatic carbocycles. The summed E-state index contributed by atoms with van der Waals surface area (Å²) >= 11 is 2.36. The fourth-order valence-electron chi connectivity index (χ4n) is 3.38. The van der Waals surface area contributed by atoms with Crippen LogP contribution < -0.4 is 16.0 Å². The predicted molar refractivity (Wildman–Crippen MR) is 145 cm³/mol. The highest BCUT2D eigenvalue weighted by Gasteiger charge is 2.23. The lowest BCUT2D eigenvalue weighted by Gasteiger charge is -2.12. The standard InChI is InChI=1S/C27H22N4O4S2/c1-16-21(15-28)27(37-23(16)26(34)29-18-8-4-3-5-9-18)31-24(32)17(2)36-20-11-6-10-19(14-20)30-25(33)22-12-7-13-35-22/h3-14,17H,1-2H3,(H,29,34)(H,30,33)(H,31,32). The SMILES string of the molecule is Cc1c(C(=O)Nc2ccccc2)sc(NC(=O)C(C)Sc2cccc(NC(=O)c3ccco3)c2)c1C#N. The van der Waals surface area contributed by atoms with Crippen LogP contribution in [0.15, 0.2) is 82.3 Å². The molecule has 0 bridgehead atoms. The van der Waals surface area contributed by atoms with E-state index in [0.29, 0.717) is 26.8 Å². The average Bonchev–Trinajstić information content (AvgIpc) is 3.53. The van der Waals surface area contributed by atoms with Gasteiger partial charge in [-0.05, 0) is 61.9 Å². The molecular weight excluding hydrogens is 508 g/mol. The van der Waals surface area contributed by atoms with Gasteiger partial charge in [-0.15, -0.1) is 23.1 Å². The molecule has 0 aliphatic heterocycles. The molecule has 1 unspecified atom stereocenters. The maximum absolute atomic E-state index is 13.0. The Bertz CT molecular complexity index is 1470. The number of thioether (sulfide) groups is 1. The maximum Gasteiger partial charge on any atom is 0.291 e. The molecular formula is C27H22N4O4S2. The number of nitrogens with one attached hydrogen (secondary N) is 3. The Morgan fingerprint density at radius 3 is 2.38 bits per heavy atom. The number of amides is 3. The topological polar surface area (TPSA) is 124 Å². The number of hydrogen-bond donors (Lipinski definition) is 3. The van der Waals surface area contributed by atoms with E-state index in [1.165, 1.54) is 18.0 Å². The number of furan rings is 1. The summed E-state index contributed by atoms with van der Waals surface area (Å²) in [5, 5.41) is 17.8. The molecule has 0 saturated heterocycles. The molecule has 0 radical (unpaired) electrons. The average molecular weight is 531 g/mol. The van der Waals surface area contributed by atoms with Crippen LogP contribution in [0, 0.1) is 18.3 Å². The van der Waals surface area contributed by atoms with Crippen LogP contribution in [0.1, 0.15) is 38.3 Å². The summed E-state index contributed by atoms with van der Waals surface area (Å²) in [6.07, 6.45) is 1.42. The largest absolute Gasteiger partial charge is 0.459 e. The van der Waals surface area contributed by atoms with E-state index in [-0.39, 0.29) is 29.0 Å². The van der Waals surface area contributed by atoms with Crippen LogP contribution >= 0.6 is 23.1 Å². The van der Waals surface area contributed by atoms with E-state index in [1.807, 2.05) is 24.3 Å². The van der Waals surface area contributed by atoms with E-state index in [4.69, 9.17) is 4.42 Å². The van der Waals surface area contributed by atoms with Crippen LogP contribution in [0.2, 0.25) is 0 Å². The zero-order chi connectivity index (χ0) is 26.4. The van der Waals surface area contributed by atoms with E-state index in [0.717, 1.165) is 16.2 Å². The number of benzene rings is 2. The molecule has 3 N–H and O–H groups in total. The minimum Gasteiger partial charge on any atom is -0.459 e. The second kappa shape index (κ2) is 11.6. The quantitative estimate of drug-likeness (QED) is 0.235. The summed E-state index contributed by atoms with van der Waals surface area (Å²) in [5.74, 6) is -0.839. The Hall–Kier alpha value is -4.33. The number of carbonyl (C=O) groups is 3. The zero-order valence-corrected chi connectivity index (χ0v) is 21.5. The number of rotatable bonds is 8. The molecule has 0 fully saturated rings. The van der Waals surface area contributed by atoms with Crippen molar-refractivity contribution in [2.75, 3.05) is 16.0 Å². The molecule has 0 saturated carbocycles. The normalized spacial score (nSPS) is 11.3. The summed E-state index contributed by atoms with van der Waals surface area (Å²) in [5.41, 5.74) is 1.97. The van der Waals surface area contributed by atoms with Gasteiger partial charge in [0.2, 0.25) is 5.91 Å². The lowest BCUT2D eigenvalue weighted by Crippen LogP contribution is -2.22. The number of para-hydroxylation sites is 1. The van der Waals surface area contributed by atoms with Crippen LogP contribution in [-0.4, -0.2) is 23.0 Å². The van der Waals surface area contributed by atoms with Crippen LogP contribution in [-0.2, 0) is 4.79 Å². The van der Waals surface area contributed by atoms with Gasteiger partial charge < -0.3 is 20.4 Å². The molecule has 4 aromatic rings. The molecule has 186 valence electrons. The van der Waals surface area contributed by atoms with E-state index >= 15 is 0 Å². The fourth-order valence-corrected chi connectivity index (χ4v) is 5.36. The number of thiophene rings is 1. The van der Waals surface area contributed by atoms with Crippen LogP contribution in [0.4, 0.5) is 16.4 Å². The van der Waals surface area contributed by atoms with Gasteiger partial charge in [0, 0.05) is 16.3 Å². The smallest absolute Gasteiger partial charge is 0.291 e. The molecule has 2 heterocycles. The van der Waals surface area contributed by atoms with Crippen molar-refractivity contribution in [3.8, 4) is 6.07 Å². The third-order valence-electron chi connectivity index (χ3n) is 5.25. The number of carbonyl (C=O) groups excluding carboxylic acids is 3. The van der Waals surface area contributed by atoms with E-state index in [1.54, 1.807) is 56.3 Å². The lowest BCUT2D eigenvalue weighted by atomic mass is 10.1. The van der Waals surface area contributed by atoms with Crippen molar-refractivity contribution in [2.45, 2.75) is 24.0 Å². The molecule has 2 aromatic heterocycles. The number of anilines is 3. The Kier molecular flexibility index (Phi) is 8.08. The minimum absolute atomic E-state index is 0.196. The predicted octanol–water partition coefficient (Wildman–Crippen LogP) is 6.15. The first kappa shape index (κ1) is 25.8. The fraction of sp³-hybridized carbons (Fsp3) is 0.111. The summed E-state index contributed by atoms with van der Waals surface area (Å²) in [6.45, 7) is 3.43. The highest BCUT2D eigenvalue weighted by Crippen LogP contribution is 2.34. The summed E-state index contributed by atoms with van der Waals surface area (Å²) < 4.78 is 5.11. The van der Waals surface area contributed by atoms with Crippen molar-refractivity contribution in [2.24, 2.45) is 0 Å². The molecule has 37 heavy (non-hydrogen) atoms. The Morgan fingerprint density at radius 2 is 1.68 bits per heavy atom. The molecule has 1 atom stereocenters. The van der Waals surface area contributed by atoms with Crippen molar-refractivity contribution in [3.05, 3.63) is 94.8 Å². The summed E-state index contributed by atoms with van der Waals surface area (Å²) in [4.78, 5) is 39.1. The van der Waals surface area contributed by atoms with Crippen LogP contribution in [0.3, 0.4) is 0 Å². The van der Waals surface area contributed by atoms with Gasteiger partial charge in [0.15, 0.2) is 5.76 Å². The zero-order valence-electron chi connectivity index (χ0n) is 19.9. The van der Waals surface area contributed by atoms with Gasteiger partial charge in [-0.3, -0.25) is 14.4 Å². The monoisotopic (exact) mass is 530 g/mol. The number of nitrogens with zero attached hydrogens (tertiary/aromatic N) is 1. The Balaban J connectivity index is 1.42. The van der Waals surface area contributed by atoms with Gasteiger partial charge in [0.1, 0.15) is 11.1 Å². The van der Waals surface area contributed by atoms with E-state index in [9.17, 15) is 19.6 Å². The van der Waals surface area contributed by atoms with E-state index < -0.39 is 5.25 Å². The number of hydrogen-bond acceptors (Lipinski definition) is 7. The van der Waals surface area contributed by atoms with Crippen molar-refractivity contribution < 1.29 is 18.8 Å². The van der Waals surface area contributed by atoms with Crippen molar-refractivity contribution in [3.63, 3.8) is 0 Å². The van der Waals surface area contributed by atoms with Gasteiger partial charge in [0.25, 0.3) is 11.8 Å². The summed E-state index contributed by atoms with van der Waals surface area (Å²) in [7, 11) is 0.